The monoisotopic (exact) mass is 666 g/mol. The Morgan fingerprint density at radius 3 is 2.14 bits per heavy atom. The van der Waals surface area contributed by atoms with E-state index in [1.165, 1.54) is 0 Å². The lowest BCUT2D eigenvalue weighted by molar-refractivity contribution is 0.620. The molecule has 0 aliphatic heterocycles. The fourth-order valence-electron chi connectivity index (χ4n) is 6.47. The van der Waals surface area contributed by atoms with E-state index in [-0.39, 0.29) is 16.8 Å². The molecule has 10 rings (SSSR count). The summed E-state index contributed by atoms with van der Waals surface area (Å²) in [6.45, 7) is 0. The lowest BCUT2D eigenvalue weighted by Gasteiger charge is -2.26. The van der Waals surface area contributed by atoms with Crippen LogP contribution in [0.4, 0.5) is 17.1 Å². The Kier molecular flexibility index (Phi) is 4.51. The average Bonchev–Trinajstić information content (AvgIpc) is 3.91. The number of hydrogen-bond acceptors (Lipinski definition) is 4. The number of furan rings is 1. The van der Waals surface area contributed by atoms with Gasteiger partial charge in [0.15, 0.2) is 5.58 Å². The van der Waals surface area contributed by atoms with Gasteiger partial charge in [-0.15, -0.1) is 0 Å². The summed E-state index contributed by atoms with van der Waals surface area (Å²) in [5.74, 6) is -0.507. The largest absolute Gasteiger partial charge is 0.455 e. The maximum absolute atomic E-state index is 9.59. The Balaban J connectivity index is 1.22. The van der Waals surface area contributed by atoms with Crippen LogP contribution in [-0.2, 0) is 0 Å². The van der Waals surface area contributed by atoms with Crippen molar-refractivity contribution in [3.63, 3.8) is 0 Å². The quantitative estimate of drug-likeness (QED) is 0.177. The molecule has 2 aromatic heterocycles. The molecule has 0 N–H and O–H groups in total. The van der Waals surface area contributed by atoms with Gasteiger partial charge in [-0.05, 0) is 82.6 Å². The number of oxazole rings is 1. The van der Waals surface area contributed by atoms with Gasteiger partial charge in [0.25, 0.3) is 0 Å². The zero-order valence-electron chi connectivity index (χ0n) is 38.6. The van der Waals surface area contributed by atoms with Crippen molar-refractivity contribution in [3.8, 4) is 33.7 Å². The van der Waals surface area contributed by atoms with Gasteiger partial charge in [0.1, 0.15) is 16.7 Å². The molecule has 51 heavy (non-hydrogen) atoms. The van der Waals surface area contributed by atoms with E-state index >= 15 is 0 Å². The Labute approximate surface area is 311 Å². The number of benzene rings is 8. The second-order valence-electron chi connectivity index (χ2n) is 11.9. The van der Waals surface area contributed by atoms with Crippen LogP contribution in [0, 0.1) is 0 Å². The first kappa shape index (κ1) is 19.3. The van der Waals surface area contributed by atoms with Crippen molar-refractivity contribution in [2.75, 3.05) is 4.90 Å². The topological polar surface area (TPSA) is 42.4 Å². The van der Waals surface area contributed by atoms with Crippen LogP contribution in [0.3, 0.4) is 0 Å². The van der Waals surface area contributed by atoms with Crippen LogP contribution in [0.25, 0.3) is 77.5 Å². The van der Waals surface area contributed by atoms with Gasteiger partial charge in [-0.25, -0.2) is 4.98 Å². The van der Waals surface area contributed by atoms with E-state index in [2.05, 4.69) is 4.98 Å². The van der Waals surface area contributed by atoms with E-state index in [1.807, 2.05) is 97.1 Å². The maximum Gasteiger partial charge on any atom is 0.227 e. The Hall–Kier alpha value is -6.91. The summed E-state index contributed by atoms with van der Waals surface area (Å²) in [5, 5.41) is 3.67. The van der Waals surface area contributed by atoms with Crippen LogP contribution >= 0.6 is 0 Å². The number of para-hydroxylation sites is 1. The smallest absolute Gasteiger partial charge is 0.227 e. The predicted octanol–water partition coefficient (Wildman–Crippen LogP) is 13.4. The van der Waals surface area contributed by atoms with E-state index in [9.17, 15) is 5.48 Å². The zero-order valence-corrected chi connectivity index (χ0v) is 26.6. The van der Waals surface area contributed by atoms with Crippen LogP contribution in [0.2, 0.25) is 0 Å². The van der Waals surface area contributed by atoms with Crippen molar-refractivity contribution in [2.24, 2.45) is 0 Å². The number of fused-ring (bicyclic) bond motifs is 6. The molecule has 0 atom stereocenters. The third-order valence-corrected chi connectivity index (χ3v) is 8.84. The Morgan fingerprint density at radius 2 is 1.25 bits per heavy atom. The minimum absolute atomic E-state index is 0.133. The summed E-state index contributed by atoms with van der Waals surface area (Å²) < 4.78 is 118. The van der Waals surface area contributed by atoms with E-state index in [4.69, 9.17) is 19.8 Å². The summed E-state index contributed by atoms with van der Waals surface area (Å²) in [7, 11) is 0. The molecule has 0 saturated carbocycles. The fraction of sp³-hybridized carbons (Fsp3) is 0. The second kappa shape index (κ2) is 11.9. The molecule has 240 valence electrons. The molecule has 4 heteroatoms. The first-order valence-corrected chi connectivity index (χ1v) is 16.1. The predicted molar refractivity (Wildman–Crippen MR) is 210 cm³/mol. The van der Waals surface area contributed by atoms with Crippen LogP contribution in [0.15, 0.2) is 191 Å². The highest BCUT2D eigenvalue weighted by Gasteiger charge is 2.18. The van der Waals surface area contributed by atoms with Crippen molar-refractivity contribution in [1.82, 2.24) is 4.98 Å². The number of hydrogen-bond donors (Lipinski definition) is 0. The highest BCUT2D eigenvalue weighted by Crippen LogP contribution is 2.42. The zero-order chi connectivity index (χ0) is 44.2. The summed E-state index contributed by atoms with van der Waals surface area (Å²) in [5.41, 5.74) is 1.86. The van der Waals surface area contributed by atoms with Gasteiger partial charge >= 0.3 is 0 Å². The Bertz CT molecular complexity index is 3510. The van der Waals surface area contributed by atoms with Crippen LogP contribution in [0.1, 0.15) is 16.4 Å². The average molecular weight is 667 g/mol. The van der Waals surface area contributed by atoms with Crippen molar-refractivity contribution < 1.29 is 25.3 Å². The molecule has 10 aromatic rings. The molecule has 0 unspecified atom stereocenters. The molecule has 0 amide bonds. The Morgan fingerprint density at radius 1 is 0.471 bits per heavy atom. The highest BCUT2D eigenvalue weighted by atomic mass is 16.3. The minimum Gasteiger partial charge on any atom is -0.455 e. The summed E-state index contributed by atoms with van der Waals surface area (Å²) >= 11 is 0. The number of anilines is 3. The van der Waals surface area contributed by atoms with Crippen LogP contribution < -0.4 is 4.90 Å². The first-order valence-electron chi connectivity index (χ1n) is 22.1. The molecule has 0 fully saturated rings. The van der Waals surface area contributed by atoms with Gasteiger partial charge in [0.05, 0.1) is 16.4 Å². The van der Waals surface area contributed by atoms with Crippen LogP contribution in [0.5, 0.6) is 0 Å². The normalized spacial score (nSPS) is 14.8. The third kappa shape index (κ3) is 5.04. The van der Waals surface area contributed by atoms with Crippen molar-refractivity contribution in [2.45, 2.75) is 0 Å². The molecule has 0 saturated heterocycles. The van der Waals surface area contributed by atoms with Gasteiger partial charge < -0.3 is 13.7 Å². The van der Waals surface area contributed by atoms with Crippen molar-refractivity contribution in [1.29, 1.82) is 0 Å². The molecular weight excluding hydrogens is 625 g/mol. The SMILES string of the molecule is [2H]c1c([2H])c([2H])c(-c2nc3c(-c4c([2H])c([2H])c(N(c5cccc(-c6ccccc6)c5)c5ccc6c(c5)oc5c7ccccc7ccc65)c([2H])c4[2H])c([2H])c([2H])c([2H])c3o2)c([2H])c1[2H]. The van der Waals surface area contributed by atoms with Crippen LogP contribution in [-0.4, -0.2) is 4.98 Å². The number of aromatic nitrogens is 1. The molecular formula is C47H30N2O2. The molecule has 0 bridgehead atoms. The van der Waals surface area contributed by atoms with Crippen molar-refractivity contribution >= 4 is 60.9 Å². The van der Waals surface area contributed by atoms with Gasteiger partial charge in [0.2, 0.25) is 5.89 Å². The molecule has 4 nitrogen and oxygen atoms in total. The highest BCUT2D eigenvalue weighted by molar-refractivity contribution is 6.15. The van der Waals surface area contributed by atoms with Gasteiger partial charge in [-0.1, -0.05) is 115 Å². The fourth-order valence-corrected chi connectivity index (χ4v) is 6.47. The molecule has 2 heterocycles. The minimum atomic E-state index is -0.673. The van der Waals surface area contributed by atoms with Crippen molar-refractivity contribution in [3.05, 3.63) is 182 Å². The van der Waals surface area contributed by atoms with E-state index in [0.29, 0.717) is 22.5 Å². The molecule has 0 spiro atoms. The summed E-state index contributed by atoms with van der Waals surface area (Å²) in [6, 6.07) is 27.1. The molecule has 8 aromatic carbocycles. The van der Waals surface area contributed by atoms with Gasteiger partial charge in [-0.2, -0.15) is 0 Å². The van der Waals surface area contributed by atoms with Gasteiger partial charge in [-0.3, -0.25) is 0 Å². The molecule has 0 radical (unpaired) electrons. The first-order chi connectivity index (χ1) is 30.3. The van der Waals surface area contributed by atoms with Gasteiger partial charge in [0, 0.05) is 50.4 Å². The summed E-state index contributed by atoms with van der Waals surface area (Å²) in [6.07, 6.45) is 0. The number of rotatable bonds is 6. The van der Waals surface area contributed by atoms with E-state index in [0.717, 1.165) is 32.7 Å². The second-order valence-corrected chi connectivity index (χ2v) is 11.9. The molecule has 0 aliphatic rings. The van der Waals surface area contributed by atoms with E-state index < -0.39 is 95.1 Å². The summed E-state index contributed by atoms with van der Waals surface area (Å²) in [4.78, 5) is 6.01. The lowest BCUT2D eigenvalue weighted by atomic mass is 10.0. The standard InChI is InChI=1S/C47H30N2O2/c1-3-11-31(12-4-1)35-16-9-17-37(29-35)49(38-26-28-41-42-27-23-32-13-7-8-18-40(32)46(42)50-44(41)30-38)36-24-21-33(22-25-36)39-19-10-20-43-45(39)48-47(51-43)34-14-5-2-6-15-34/h1-30H/i2D,5D,6D,10D,14D,15D,19D,20D,21D,22D,24D,25D. The number of nitrogens with zero attached hydrogens (tertiary/aromatic N) is 2. The lowest BCUT2D eigenvalue weighted by Crippen LogP contribution is -2.10. The molecule has 0 aliphatic carbocycles. The van der Waals surface area contributed by atoms with E-state index in [1.54, 1.807) is 17.0 Å². The third-order valence-electron chi connectivity index (χ3n) is 8.84. The maximum atomic E-state index is 9.59.